The number of amides is 1. The van der Waals surface area contributed by atoms with Gasteiger partial charge in [0.05, 0.1) is 4.90 Å². The lowest BCUT2D eigenvalue weighted by Gasteiger charge is -2.13. The number of esters is 1. The number of carbonyl (C=O) groups is 2. The molecule has 0 aliphatic heterocycles. The van der Waals surface area contributed by atoms with Gasteiger partial charge in [-0.3, -0.25) is 9.59 Å². The van der Waals surface area contributed by atoms with E-state index < -0.39 is 46.7 Å². The van der Waals surface area contributed by atoms with Crippen molar-refractivity contribution in [3.05, 3.63) is 36.9 Å². The Hall–Kier alpha value is -2.60. The lowest BCUT2D eigenvalue weighted by molar-refractivity contribution is -0.274. The highest BCUT2D eigenvalue weighted by molar-refractivity contribution is 7.89. The van der Waals surface area contributed by atoms with E-state index in [2.05, 4.69) is 16.6 Å². The Kier molecular flexibility index (Phi) is 7.79. The minimum absolute atomic E-state index is 0.168. The molecule has 0 spiro atoms. The Morgan fingerprint density at radius 3 is 2.37 bits per heavy atom. The number of alkyl halides is 3. The van der Waals surface area contributed by atoms with Crippen molar-refractivity contribution in [2.75, 3.05) is 13.1 Å². The van der Waals surface area contributed by atoms with Gasteiger partial charge in [0.2, 0.25) is 10.0 Å². The van der Waals surface area contributed by atoms with E-state index >= 15 is 0 Å². The SMILES string of the molecule is C=CCNC(=O)[C@H](C)OC(=O)CNS(=O)(=O)c1ccc(OC(F)(F)F)cc1. The molecule has 1 aromatic carbocycles. The maximum atomic E-state index is 12.1. The van der Waals surface area contributed by atoms with Gasteiger partial charge >= 0.3 is 12.3 Å². The third-order valence-corrected chi connectivity index (χ3v) is 4.29. The monoisotopic (exact) mass is 410 g/mol. The molecule has 0 unspecified atom stereocenters. The van der Waals surface area contributed by atoms with E-state index in [0.717, 1.165) is 24.3 Å². The fourth-order valence-corrected chi connectivity index (χ4v) is 2.64. The summed E-state index contributed by atoms with van der Waals surface area (Å²) in [5.74, 6) is -2.21. The van der Waals surface area contributed by atoms with Crippen LogP contribution in [0, 0.1) is 0 Å². The Bertz CT molecular complexity index is 778. The summed E-state index contributed by atoms with van der Waals surface area (Å²) >= 11 is 0. The lowest BCUT2D eigenvalue weighted by Crippen LogP contribution is -2.38. The number of nitrogens with one attached hydrogen (secondary N) is 2. The number of rotatable bonds is 9. The number of hydrogen-bond donors (Lipinski definition) is 2. The molecule has 0 saturated heterocycles. The third-order valence-electron chi connectivity index (χ3n) is 2.87. The van der Waals surface area contributed by atoms with Crippen LogP contribution in [0.15, 0.2) is 41.8 Å². The number of hydrogen-bond acceptors (Lipinski definition) is 6. The largest absolute Gasteiger partial charge is 0.573 e. The zero-order valence-electron chi connectivity index (χ0n) is 14.1. The van der Waals surface area contributed by atoms with Crippen molar-refractivity contribution in [1.82, 2.24) is 10.0 Å². The molecule has 0 fully saturated rings. The molecule has 0 aliphatic carbocycles. The molecule has 27 heavy (non-hydrogen) atoms. The van der Waals surface area contributed by atoms with Crippen molar-refractivity contribution in [3.8, 4) is 5.75 Å². The first-order valence-corrected chi connectivity index (χ1v) is 8.86. The van der Waals surface area contributed by atoms with Crippen LogP contribution in [-0.2, 0) is 24.3 Å². The van der Waals surface area contributed by atoms with Crippen LogP contribution in [0.1, 0.15) is 6.92 Å². The predicted octanol–water partition coefficient (Wildman–Crippen LogP) is 1.10. The fraction of sp³-hybridized carbons (Fsp3) is 0.333. The first kappa shape index (κ1) is 22.4. The second-order valence-electron chi connectivity index (χ2n) is 5.01. The summed E-state index contributed by atoms with van der Waals surface area (Å²) in [6, 6.07) is 3.37. The molecule has 0 saturated carbocycles. The van der Waals surface area contributed by atoms with Crippen LogP contribution in [0.25, 0.3) is 0 Å². The second-order valence-corrected chi connectivity index (χ2v) is 6.78. The average molecular weight is 410 g/mol. The number of sulfonamides is 1. The molecule has 0 aromatic heterocycles. The molecule has 0 aliphatic rings. The molecule has 1 rings (SSSR count). The Morgan fingerprint density at radius 1 is 1.26 bits per heavy atom. The number of carbonyl (C=O) groups excluding carboxylic acids is 2. The van der Waals surface area contributed by atoms with Gasteiger partial charge in [-0.1, -0.05) is 6.08 Å². The number of ether oxygens (including phenoxy) is 2. The van der Waals surface area contributed by atoms with Gasteiger partial charge in [-0.2, -0.15) is 4.72 Å². The molecule has 1 amide bonds. The van der Waals surface area contributed by atoms with Crippen molar-refractivity contribution in [1.29, 1.82) is 0 Å². The molecular weight excluding hydrogens is 393 g/mol. The molecule has 0 bridgehead atoms. The van der Waals surface area contributed by atoms with Crippen LogP contribution < -0.4 is 14.8 Å². The Labute approximate surface area is 153 Å². The van der Waals surface area contributed by atoms with E-state index in [-0.39, 0.29) is 11.4 Å². The van der Waals surface area contributed by atoms with E-state index in [1.807, 2.05) is 4.72 Å². The summed E-state index contributed by atoms with van der Waals surface area (Å²) in [6.07, 6.45) is -4.64. The summed E-state index contributed by atoms with van der Waals surface area (Å²) in [7, 11) is -4.19. The van der Waals surface area contributed by atoms with Crippen LogP contribution in [0.3, 0.4) is 0 Å². The van der Waals surface area contributed by atoms with Crippen molar-refractivity contribution in [2.24, 2.45) is 0 Å². The highest BCUT2D eigenvalue weighted by Crippen LogP contribution is 2.23. The first-order valence-electron chi connectivity index (χ1n) is 7.38. The third kappa shape index (κ3) is 8.09. The molecular formula is C15H17F3N2O6S. The molecule has 1 atom stereocenters. The summed E-state index contributed by atoms with van der Waals surface area (Å²) < 4.78 is 70.6. The van der Waals surface area contributed by atoms with E-state index in [0.29, 0.717) is 0 Å². The second kappa shape index (κ2) is 9.37. The predicted molar refractivity (Wildman–Crippen MR) is 87.1 cm³/mol. The Balaban J connectivity index is 2.61. The molecule has 12 heteroatoms. The quantitative estimate of drug-likeness (QED) is 0.466. The van der Waals surface area contributed by atoms with Gasteiger partial charge in [-0.15, -0.1) is 19.8 Å². The summed E-state index contributed by atoms with van der Waals surface area (Å²) in [4.78, 5) is 22.8. The Morgan fingerprint density at radius 2 is 1.85 bits per heavy atom. The van der Waals surface area contributed by atoms with Crippen molar-refractivity contribution >= 4 is 21.9 Å². The van der Waals surface area contributed by atoms with Gasteiger partial charge in [0.1, 0.15) is 12.3 Å². The summed E-state index contributed by atoms with van der Waals surface area (Å²) in [5.41, 5.74) is 0. The molecule has 150 valence electrons. The molecule has 1 aromatic rings. The standard InChI is InChI=1S/C15H17F3N2O6S/c1-3-8-19-14(22)10(2)25-13(21)9-20-27(23,24)12-6-4-11(5-7-12)26-15(16,17)18/h3-7,10,20H,1,8-9H2,2H3,(H,19,22)/t10-/m0/s1. The highest BCUT2D eigenvalue weighted by atomic mass is 32.2. The van der Waals surface area contributed by atoms with Gasteiger partial charge in [0.15, 0.2) is 6.10 Å². The highest BCUT2D eigenvalue weighted by Gasteiger charge is 2.31. The number of halogens is 3. The van der Waals surface area contributed by atoms with Gasteiger partial charge in [0, 0.05) is 6.54 Å². The van der Waals surface area contributed by atoms with Crippen LogP contribution in [0.4, 0.5) is 13.2 Å². The van der Waals surface area contributed by atoms with E-state index in [1.165, 1.54) is 13.0 Å². The molecule has 0 heterocycles. The van der Waals surface area contributed by atoms with E-state index in [1.54, 1.807) is 0 Å². The molecule has 0 radical (unpaired) electrons. The van der Waals surface area contributed by atoms with Crippen LogP contribution in [0.2, 0.25) is 0 Å². The zero-order valence-corrected chi connectivity index (χ0v) is 14.9. The maximum absolute atomic E-state index is 12.1. The normalized spacial score (nSPS) is 12.7. The first-order chi connectivity index (χ1) is 12.4. The van der Waals surface area contributed by atoms with Crippen molar-refractivity contribution in [3.63, 3.8) is 0 Å². The number of benzene rings is 1. The minimum Gasteiger partial charge on any atom is -0.452 e. The van der Waals surface area contributed by atoms with Crippen molar-refractivity contribution < 1.29 is 40.7 Å². The molecule has 2 N–H and O–H groups in total. The average Bonchev–Trinajstić information content (AvgIpc) is 2.57. The summed E-state index contributed by atoms with van der Waals surface area (Å²) in [5, 5.41) is 2.39. The topological polar surface area (TPSA) is 111 Å². The summed E-state index contributed by atoms with van der Waals surface area (Å²) in [6.45, 7) is 4.09. The van der Waals surface area contributed by atoms with Crippen LogP contribution >= 0.6 is 0 Å². The zero-order chi connectivity index (χ0) is 20.7. The smallest absolute Gasteiger partial charge is 0.452 e. The van der Waals surface area contributed by atoms with Crippen LogP contribution in [-0.4, -0.2) is 45.9 Å². The van der Waals surface area contributed by atoms with E-state index in [4.69, 9.17) is 4.74 Å². The van der Waals surface area contributed by atoms with Crippen LogP contribution in [0.5, 0.6) is 5.75 Å². The fourth-order valence-electron chi connectivity index (χ4n) is 1.67. The van der Waals surface area contributed by atoms with E-state index in [9.17, 15) is 31.2 Å². The van der Waals surface area contributed by atoms with Crippen molar-refractivity contribution in [2.45, 2.75) is 24.3 Å². The maximum Gasteiger partial charge on any atom is 0.573 e. The minimum atomic E-state index is -4.91. The molecule has 8 nitrogen and oxygen atoms in total. The van der Waals surface area contributed by atoms with Gasteiger partial charge in [0.25, 0.3) is 5.91 Å². The lowest BCUT2D eigenvalue weighted by atomic mass is 10.3. The van der Waals surface area contributed by atoms with Gasteiger partial charge in [-0.05, 0) is 31.2 Å². The van der Waals surface area contributed by atoms with Gasteiger partial charge < -0.3 is 14.8 Å². The van der Waals surface area contributed by atoms with Gasteiger partial charge in [-0.25, -0.2) is 8.42 Å².